The number of benzene rings is 1. The second kappa shape index (κ2) is 6.74. The molecule has 4 rings (SSSR count). The smallest absolute Gasteiger partial charge is 0.419 e. The molecule has 2 aliphatic heterocycles. The second-order valence-electron chi connectivity index (χ2n) is 6.93. The van der Waals surface area contributed by atoms with Gasteiger partial charge in [-0.15, -0.1) is 11.3 Å². The molecule has 1 saturated heterocycles. The average Bonchev–Trinajstić information content (AvgIpc) is 3.04. The van der Waals surface area contributed by atoms with E-state index in [1.807, 2.05) is 23.6 Å². The van der Waals surface area contributed by atoms with Crippen molar-refractivity contribution in [1.82, 2.24) is 4.90 Å². The first-order valence-electron chi connectivity index (χ1n) is 8.70. The number of para-hydroxylation sites is 2. The van der Waals surface area contributed by atoms with Crippen molar-refractivity contribution in [2.24, 2.45) is 5.92 Å². The van der Waals surface area contributed by atoms with Gasteiger partial charge in [0.2, 0.25) is 0 Å². The zero-order valence-electron chi connectivity index (χ0n) is 14.8. The first-order chi connectivity index (χ1) is 12.5. The predicted octanol–water partition coefficient (Wildman–Crippen LogP) is 3.93. The standard InChI is InChI=1S/C19H21N3O3S/c1-12-9-21(2)8-7-17(12)25-19(24)22-15-6-4-3-5-14(15)20-18(23)13-10-26-11-16(13)22/h3-6,10-12,17H,7-9H2,1-2H3,(H,20,23)/t12-,17-/m0/s1. The van der Waals surface area contributed by atoms with Gasteiger partial charge in [0.1, 0.15) is 6.10 Å². The van der Waals surface area contributed by atoms with Crippen molar-refractivity contribution in [1.29, 1.82) is 0 Å². The molecule has 0 aliphatic carbocycles. The molecule has 6 nitrogen and oxygen atoms in total. The highest BCUT2D eigenvalue weighted by molar-refractivity contribution is 7.08. The van der Waals surface area contributed by atoms with Crippen LogP contribution in [0, 0.1) is 5.92 Å². The number of hydrogen-bond donors (Lipinski definition) is 1. The van der Waals surface area contributed by atoms with E-state index in [2.05, 4.69) is 24.2 Å². The molecular formula is C19H21N3O3S. The van der Waals surface area contributed by atoms with Gasteiger partial charge < -0.3 is 15.0 Å². The van der Waals surface area contributed by atoms with Crippen LogP contribution in [0.15, 0.2) is 35.0 Å². The third-order valence-electron chi connectivity index (χ3n) is 4.98. The number of carbonyl (C=O) groups is 2. The second-order valence-corrected chi connectivity index (χ2v) is 7.67. The number of anilines is 3. The summed E-state index contributed by atoms with van der Waals surface area (Å²) in [7, 11) is 2.08. The molecule has 26 heavy (non-hydrogen) atoms. The van der Waals surface area contributed by atoms with Crippen LogP contribution in [0.5, 0.6) is 0 Å². The number of piperidine rings is 1. The minimum Gasteiger partial charge on any atom is -0.445 e. The molecule has 1 aromatic heterocycles. The van der Waals surface area contributed by atoms with Crippen molar-refractivity contribution in [3.8, 4) is 0 Å². The highest BCUT2D eigenvalue weighted by Gasteiger charge is 2.34. The first-order valence-corrected chi connectivity index (χ1v) is 9.64. The van der Waals surface area contributed by atoms with Crippen LogP contribution in [0.25, 0.3) is 0 Å². The normalized spacial score (nSPS) is 22.8. The summed E-state index contributed by atoms with van der Waals surface area (Å²) in [6, 6.07) is 7.30. The Morgan fingerprint density at radius 2 is 2.08 bits per heavy atom. The lowest BCUT2D eigenvalue weighted by atomic mass is 9.97. The molecule has 0 radical (unpaired) electrons. The van der Waals surface area contributed by atoms with Crippen molar-refractivity contribution >= 4 is 40.4 Å². The lowest BCUT2D eigenvalue weighted by Crippen LogP contribution is -2.43. The maximum atomic E-state index is 13.1. The fourth-order valence-electron chi connectivity index (χ4n) is 3.61. The fraction of sp³-hybridized carbons (Fsp3) is 0.368. The average molecular weight is 371 g/mol. The number of likely N-dealkylation sites (tertiary alicyclic amines) is 1. The van der Waals surface area contributed by atoms with Crippen molar-refractivity contribution in [3.63, 3.8) is 0 Å². The molecule has 1 fully saturated rings. The van der Waals surface area contributed by atoms with Gasteiger partial charge in [0, 0.05) is 29.8 Å². The zero-order valence-corrected chi connectivity index (χ0v) is 15.6. The Hall–Kier alpha value is -2.38. The van der Waals surface area contributed by atoms with Gasteiger partial charge in [-0.25, -0.2) is 9.69 Å². The van der Waals surface area contributed by atoms with E-state index in [-0.39, 0.29) is 17.9 Å². The van der Waals surface area contributed by atoms with Crippen molar-refractivity contribution < 1.29 is 14.3 Å². The highest BCUT2D eigenvalue weighted by Crippen LogP contribution is 2.40. The van der Waals surface area contributed by atoms with E-state index < -0.39 is 6.09 Å². The molecule has 1 N–H and O–H groups in total. The van der Waals surface area contributed by atoms with Crippen LogP contribution in [0.2, 0.25) is 0 Å². The summed E-state index contributed by atoms with van der Waals surface area (Å²) in [6.45, 7) is 3.91. The molecule has 2 aliphatic rings. The third kappa shape index (κ3) is 2.97. The van der Waals surface area contributed by atoms with Gasteiger partial charge in [-0.3, -0.25) is 4.79 Å². The Bertz CT molecular complexity index is 850. The van der Waals surface area contributed by atoms with Gasteiger partial charge >= 0.3 is 6.09 Å². The molecule has 2 aromatic rings. The number of amides is 2. The largest absolute Gasteiger partial charge is 0.445 e. The summed E-state index contributed by atoms with van der Waals surface area (Å²) >= 11 is 1.39. The summed E-state index contributed by atoms with van der Waals surface area (Å²) in [5.41, 5.74) is 2.29. The molecule has 2 atom stereocenters. The minimum atomic E-state index is -0.435. The lowest BCUT2D eigenvalue weighted by Gasteiger charge is -2.35. The van der Waals surface area contributed by atoms with Crippen LogP contribution in [-0.4, -0.2) is 43.1 Å². The summed E-state index contributed by atoms with van der Waals surface area (Å²) in [5.74, 6) is 0.0540. The lowest BCUT2D eigenvalue weighted by molar-refractivity contribution is 0.0262. The topological polar surface area (TPSA) is 61.9 Å². The number of nitrogens with one attached hydrogen (secondary N) is 1. The molecule has 0 saturated carbocycles. The van der Waals surface area contributed by atoms with Gasteiger partial charge in [-0.05, 0) is 25.6 Å². The monoisotopic (exact) mass is 371 g/mol. The van der Waals surface area contributed by atoms with Crippen LogP contribution in [0.1, 0.15) is 23.7 Å². The van der Waals surface area contributed by atoms with E-state index in [0.29, 0.717) is 22.6 Å². The number of rotatable bonds is 1. The van der Waals surface area contributed by atoms with Gasteiger partial charge in [-0.1, -0.05) is 19.1 Å². The van der Waals surface area contributed by atoms with Gasteiger partial charge in [0.05, 0.1) is 22.6 Å². The van der Waals surface area contributed by atoms with Crippen LogP contribution in [0.3, 0.4) is 0 Å². The van der Waals surface area contributed by atoms with Crippen molar-refractivity contribution in [2.45, 2.75) is 19.4 Å². The minimum absolute atomic E-state index is 0.125. The summed E-state index contributed by atoms with van der Waals surface area (Å²) in [5, 5.41) is 6.45. The van der Waals surface area contributed by atoms with Gasteiger partial charge in [0.15, 0.2) is 0 Å². The fourth-order valence-corrected chi connectivity index (χ4v) is 4.41. The van der Waals surface area contributed by atoms with E-state index in [1.54, 1.807) is 11.4 Å². The van der Waals surface area contributed by atoms with Crippen LogP contribution >= 0.6 is 11.3 Å². The van der Waals surface area contributed by atoms with E-state index in [4.69, 9.17) is 4.74 Å². The van der Waals surface area contributed by atoms with E-state index in [1.165, 1.54) is 16.2 Å². The van der Waals surface area contributed by atoms with E-state index in [0.717, 1.165) is 19.5 Å². The molecule has 2 amide bonds. The number of hydrogen-bond acceptors (Lipinski definition) is 5. The first kappa shape index (κ1) is 17.1. The van der Waals surface area contributed by atoms with E-state index >= 15 is 0 Å². The Labute approximate surface area is 156 Å². The molecule has 3 heterocycles. The predicted molar refractivity (Wildman–Crippen MR) is 102 cm³/mol. The van der Waals surface area contributed by atoms with Crippen LogP contribution in [0.4, 0.5) is 21.9 Å². The Balaban J connectivity index is 1.68. The molecule has 136 valence electrons. The summed E-state index contributed by atoms with van der Waals surface area (Å²) in [4.78, 5) is 29.4. The third-order valence-corrected chi connectivity index (χ3v) is 5.72. The maximum Gasteiger partial charge on any atom is 0.419 e. The number of fused-ring (bicyclic) bond motifs is 2. The Kier molecular flexibility index (Phi) is 4.42. The van der Waals surface area contributed by atoms with Crippen molar-refractivity contribution in [2.75, 3.05) is 30.4 Å². The summed E-state index contributed by atoms with van der Waals surface area (Å²) < 4.78 is 5.89. The van der Waals surface area contributed by atoms with Gasteiger partial charge in [0.25, 0.3) is 5.91 Å². The molecular weight excluding hydrogens is 350 g/mol. The molecule has 7 heteroatoms. The molecule has 1 aromatic carbocycles. The van der Waals surface area contributed by atoms with Crippen LogP contribution in [-0.2, 0) is 4.74 Å². The number of carbonyl (C=O) groups excluding carboxylic acids is 2. The van der Waals surface area contributed by atoms with E-state index in [9.17, 15) is 9.59 Å². The quantitative estimate of drug-likeness (QED) is 0.825. The Morgan fingerprint density at radius 3 is 2.88 bits per heavy atom. The summed E-state index contributed by atoms with van der Waals surface area (Å²) in [6.07, 6.45) is 0.252. The number of nitrogens with zero attached hydrogens (tertiary/aromatic N) is 2. The zero-order chi connectivity index (χ0) is 18.3. The van der Waals surface area contributed by atoms with Crippen molar-refractivity contribution in [3.05, 3.63) is 40.6 Å². The van der Waals surface area contributed by atoms with Gasteiger partial charge in [-0.2, -0.15) is 0 Å². The number of thiophene rings is 1. The Morgan fingerprint density at radius 1 is 1.27 bits per heavy atom. The molecule has 0 bridgehead atoms. The SMILES string of the molecule is C[C@H]1CN(C)CC[C@@H]1OC(=O)N1c2ccccc2NC(=O)c2cscc21. The molecule has 0 unspecified atom stereocenters. The highest BCUT2D eigenvalue weighted by atomic mass is 32.1. The molecule has 0 spiro atoms. The van der Waals surface area contributed by atoms with Crippen LogP contribution < -0.4 is 10.2 Å². The number of ether oxygens (including phenoxy) is 1. The maximum absolute atomic E-state index is 13.1.